The van der Waals surface area contributed by atoms with Crippen molar-refractivity contribution in [3.05, 3.63) is 70.7 Å². The second kappa shape index (κ2) is 10.5. The summed E-state index contributed by atoms with van der Waals surface area (Å²) in [7, 11) is 0. The highest BCUT2D eigenvalue weighted by Gasteiger charge is 2.24. The van der Waals surface area contributed by atoms with Crippen LogP contribution in [0.15, 0.2) is 54.6 Å². The fourth-order valence-electron chi connectivity index (χ4n) is 4.01. The van der Waals surface area contributed by atoms with Gasteiger partial charge in [0.25, 0.3) is 0 Å². The van der Waals surface area contributed by atoms with Gasteiger partial charge in [0.15, 0.2) is 0 Å². The van der Waals surface area contributed by atoms with Crippen molar-refractivity contribution in [3.63, 3.8) is 0 Å². The van der Waals surface area contributed by atoms with E-state index in [1.54, 1.807) is 0 Å². The van der Waals surface area contributed by atoms with Gasteiger partial charge in [0.1, 0.15) is 0 Å². The summed E-state index contributed by atoms with van der Waals surface area (Å²) in [6.07, 6.45) is 5.84. The highest BCUT2D eigenvalue weighted by molar-refractivity contribution is 6.30. The third-order valence-electron chi connectivity index (χ3n) is 5.47. The molecule has 0 aromatic heterocycles. The van der Waals surface area contributed by atoms with Crippen LogP contribution in [-0.4, -0.2) is 24.7 Å². The zero-order valence-electron chi connectivity index (χ0n) is 16.2. The molecule has 2 aromatic rings. The lowest BCUT2D eigenvalue weighted by molar-refractivity contribution is 0.230. The van der Waals surface area contributed by atoms with Crippen molar-refractivity contribution < 1.29 is 4.79 Å². The lowest BCUT2D eigenvalue weighted by atomic mass is 9.81. The van der Waals surface area contributed by atoms with Crippen molar-refractivity contribution >= 4 is 17.6 Å². The molecule has 1 aliphatic carbocycles. The molecule has 4 N–H and O–H groups in total. The number of hydrogen-bond donors (Lipinski definition) is 3. The van der Waals surface area contributed by atoms with Crippen molar-refractivity contribution in [3.8, 4) is 0 Å². The van der Waals surface area contributed by atoms with Crippen LogP contribution >= 0.6 is 11.6 Å². The van der Waals surface area contributed by atoms with Crippen molar-refractivity contribution in [2.45, 2.75) is 56.5 Å². The van der Waals surface area contributed by atoms with Crippen LogP contribution < -0.4 is 16.4 Å². The predicted octanol–water partition coefficient (Wildman–Crippen LogP) is 4.63. The highest BCUT2D eigenvalue weighted by Crippen LogP contribution is 2.33. The number of halogens is 1. The second-order valence-corrected chi connectivity index (χ2v) is 8.19. The van der Waals surface area contributed by atoms with Gasteiger partial charge < -0.3 is 16.4 Å². The molecule has 1 fully saturated rings. The number of carbonyl (C=O) groups excluding carboxylic acids is 1. The minimum absolute atomic E-state index is 0.0459. The van der Waals surface area contributed by atoms with Crippen molar-refractivity contribution in [2.75, 3.05) is 6.54 Å². The van der Waals surface area contributed by atoms with Crippen LogP contribution in [-0.2, 0) is 6.42 Å². The monoisotopic (exact) mass is 399 g/mol. The van der Waals surface area contributed by atoms with E-state index >= 15 is 0 Å². The molecule has 0 saturated heterocycles. The average molecular weight is 400 g/mol. The standard InChI is InChI=1S/C23H30ClN3O/c24-20-10-4-8-18(15-20)19-9-5-11-22(16-19)27-23(28)26-13-12-21(25)14-17-6-2-1-3-7-17/h1-4,6-8,10,15,19,21-22H,5,9,11-14,16,25H2,(H2,26,27,28). The molecule has 3 unspecified atom stereocenters. The van der Waals surface area contributed by atoms with Gasteiger partial charge in [0, 0.05) is 23.7 Å². The molecule has 0 heterocycles. The first-order valence-corrected chi connectivity index (χ1v) is 10.6. The molecule has 4 nitrogen and oxygen atoms in total. The largest absolute Gasteiger partial charge is 0.338 e. The molecular formula is C23H30ClN3O. The number of urea groups is 1. The molecule has 3 rings (SSSR count). The van der Waals surface area contributed by atoms with Gasteiger partial charge in [-0.25, -0.2) is 4.79 Å². The van der Waals surface area contributed by atoms with E-state index in [0.717, 1.165) is 43.5 Å². The number of benzene rings is 2. The highest BCUT2D eigenvalue weighted by atomic mass is 35.5. The molecule has 150 valence electrons. The van der Waals surface area contributed by atoms with Gasteiger partial charge in [0.2, 0.25) is 0 Å². The van der Waals surface area contributed by atoms with Crippen LogP contribution in [0.25, 0.3) is 0 Å². The van der Waals surface area contributed by atoms with Gasteiger partial charge in [0.05, 0.1) is 0 Å². The summed E-state index contributed by atoms with van der Waals surface area (Å²) < 4.78 is 0. The number of nitrogens with one attached hydrogen (secondary N) is 2. The van der Waals surface area contributed by atoms with Crippen LogP contribution in [0.4, 0.5) is 4.79 Å². The molecule has 0 aliphatic heterocycles. The first-order valence-electron chi connectivity index (χ1n) is 10.2. The molecule has 28 heavy (non-hydrogen) atoms. The van der Waals surface area contributed by atoms with Crippen molar-refractivity contribution in [1.82, 2.24) is 10.6 Å². The maximum atomic E-state index is 12.3. The Bertz CT molecular complexity index is 753. The molecular weight excluding hydrogens is 370 g/mol. The molecule has 3 atom stereocenters. The summed E-state index contributed by atoms with van der Waals surface area (Å²) in [5.41, 5.74) is 8.69. The number of hydrogen-bond acceptors (Lipinski definition) is 2. The molecule has 0 radical (unpaired) electrons. The zero-order chi connectivity index (χ0) is 19.8. The Labute approximate surface area is 172 Å². The zero-order valence-corrected chi connectivity index (χ0v) is 17.0. The van der Waals surface area contributed by atoms with Gasteiger partial charge in [-0.1, -0.05) is 60.5 Å². The van der Waals surface area contributed by atoms with Crippen molar-refractivity contribution in [2.24, 2.45) is 5.73 Å². The van der Waals surface area contributed by atoms with E-state index in [9.17, 15) is 4.79 Å². The summed E-state index contributed by atoms with van der Waals surface area (Å²) in [6.45, 7) is 0.588. The third-order valence-corrected chi connectivity index (χ3v) is 5.71. The molecule has 5 heteroatoms. The molecule has 1 aliphatic rings. The fourth-order valence-corrected chi connectivity index (χ4v) is 4.21. The fraction of sp³-hybridized carbons (Fsp3) is 0.435. The van der Waals surface area contributed by atoms with E-state index in [-0.39, 0.29) is 18.1 Å². The number of rotatable bonds is 7. The first-order chi connectivity index (χ1) is 13.6. The molecule has 0 bridgehead atoms. The Balaban J connectivity index is 1.38. The summed E-state index contributed by atoms with van der Waals surface area (Å²) in [5.74, 6) is 0.456. The van der Waals surface area contributed by atoms with Crippen LogP contribution in [0.2, 0.25) is 5.02 Å². The minimum Gasteiger partial charge on any atom is -0.338 e. The molecule has 2 aromatic carbocycles. The Morgan fingerprint density at radius 2 is 1.96 bits per heavy atom. The third kappa shape index (κ3) is 6.54. The first kappa shape index (κ1) is 20.7. The van der Waals surface area contributed by atoms with Crippen molar-refractivity contribution in [1.29, 1.82) is 0 Å². The summed E-state index contributed by atoms with van der Waals surface area (Å²) in [4.78, 5) is 12.3. The van der Waals surface area contributed by atoms with Gasteiger partial charge in [-0.2, -0.15) is 0 Å². The van der Waals surface area contributed by atoms with E-state index in [1.165, 1.54) is 11.1 Å². The molecule has 0 spiro atoms. The van der Waals surface area contributed by atoms with Crippen LogP contribution in [0.3, 0.4) is 0 Å². The predicted molar refractivity (Wildman–Crippen MR) is 116 cm³/mol. The van der Waals surface area contributed by atoms with Crippen LogP contribution in [0.1, 0.15) is 49.1 Å². The van der Waals surface area contributed by atoms with Crippen LogP contribution in [0, 0.1) is 0 Å². The lowest BCUT2D eigenvalue weighted by Gasteiger charge is -2.30. The van der Waals surface area contributed by atoms with E-state index < -0.39 is 0 Å². The summed E-state index contributed by atoms with van der Waals surface area (Å²) in [5, 5.41) is 6.87. The smallest absolute Gasteiger partial charge is 0.315 e. The number of carbonyl (C=O) groups is 1. The Hall–Kier alpha value is -2.04. The number of amides is 2. The lowest BCUT2D eigenvalue weighted by Crippen LogP contribution is -2.44. The summed E-state index contributed by atoms with van der Waals surface area (Å²) >= 11 is 6.13. The Morgan fingerprint density at radius 3 is 2.75 bits per heavy atom. The van der Waals surface area contributed by atoms with Gasteiger partial charge >= 0.3 is 6.03 Å². The average Bonchev–Trinajstić information content (AvgIpc) is 2.69. The molecule has 1 saturated carbocycles. The SMILES string of the molecule is NC(CCNC(=O)NC1CCCC(c2cccc(Cl)c2)C1)Cc1ccccc1. The minimum atomic E-state index is -0.0938. The maximum Gasteiger partial charge on any atom is 0.315 e. The molecule has 2 amide bonds. The van der Waals surface area contributed by atoms with E-state index in [0.29, 0.717) is 12.5 Å². The van der Waals surface area contributed by atoms with Gasteiger partial charge in [-0.05, 0) is 61.3 Å². The Morgan fingerprint density at radius 1 is 1.14 bits per heavy atom. The maximum absolute atomic E-state index is 12.3. The summed E-state index contributed by atoms with van der Waals surface area (Å²) in [6, 6.07) is 18.4. The quantitative estimate of drug-likeness (QED) is 0.635. The van der Waals surface area contributed by atoms with E-state index in [1.807, 2.05) is 36.4 Å². The Kier molecular flexibility index (Phi) is 7.75. The topological polar surface area (TPSA) is 67.1 Å². The second-order valence-electron chi connectivity index (χ2n) is 7.75. The number of nitrogens with two attached hydrogens (primary N) is 1. The van der Waals surface area contributed by atoms with Crippen LogP contribution in [0.5, 0.6) is 0 Å². The van der Waals surface area contributed by atoms with E-state index in [4.69, 9.17) is 17.3 Å². The normalized spacial score (nSPS) is 20.4. The van der Waals surface area contributed by atoms with Gasteiger partial charge in [-0.3, -0.25) is 0 Å². The van der Waals surface area contributed by atoms with Gasteiger partial charge in [-0.15, -0.1) is 0 Å². The van der Waals surface area contributed by atoms with E-state index in [2.05, 4.69) is 28.8 Å².